The second-order valence-electron chi connectivity index (χ2n) is 9.80. The standard InChI is InChI=1S/C18H10O11.C9H20O/c19-13(20)7-1-3-9(11(5-7)15(23)24)17(27)29-18(28)10-4-2-8(14(21)22)6-12(10)16(25)26;1-8(5-6-10)7-9(2,3)4/h1-6H,(H,19,20)(H,21,22)(H,23,24)(H,25,26);8,10H,5-7H2,1-4H3. The van der Waals surface area contributed by atoms with Gasteiger partial charge in [-0.05, 0) is 60.6 Å². The number of rotatable bonds is 9. The summed E-state index contributed by atoms with van der Waals surface area (Å²) in [4.78, 5) is 68.8. The minimum atomic E-state index is -1.66. The molecular formula is C27H30O12. The maximum Gasteiger partial charge on any atom is 0.346 e. The highest BCUT2D eigenvalue weighted by Gasteiger charge is 2.26. The number of benzene rings is 2. The van der Waals surface area contributed by atoms with E-state index in [1.54, 1.807) is 0 Å². The van der Waals surface area contributed by atoms with Gasteiger partial charge in [-0.1, -0.05) is 27.7 Å². The van der Waals surface area contributed by atoms with E-state index in [9.17, 15) is 28.8 Å². The fraction of sp³-hybridized carbons (Fsp3) is 0.333. The lowest BCUT2D eigenvalue weighted by Crippen LogP contribution is -2.19. The first-order valence-electron chi connectivity index (χ1n) is 11.6. The van der Waals surface area contributed by atoms with Gasteiger partial charge in [-0.25, -0.2) is 28.8 Å². The van der Waals surface area contributed by atoms with Crippen LogP contribution >= 0.6 is 0 Å². The Morgan fingerprint density at radius 3 is 1.36 bits per heavy atom. The number of esters is 2. The van der Waals surface area contributed by atoms with E-state index in [1.807, 2.05) is 0 Å². The Balaban J connectivity index is 0.000000646. The number of hydrogen-bond acceptors (Lipinski definition) is 8. The van der Waals surface area contributed by atoms with E-state index in [4.69, 9.17) is 25.5 Å². The molecule has 5 N–H and O–H groups in total. The van der Waals surface area contributed by atoms with Crippen LogP contribution in [-0.2, 0) is 4.74 Å². The molecule has 1 atom stereocenters. The van der Waals surface area contributed by atoms with Gasteiger partial charge in [0.05, 0.1) is 33.4 Å². The molecule has 0 amide bonds. The monoisotopic (exact) mass is 546 g/mol. The van der Waals surface area contributed by atoms with E-state index >= 15 is 0 Å². The molecule has 2 aromatic rings. The van der Waals surface area contributed by atoms with Crippen molar-refractivity contribution in [2.45, 2.75) is 40.5 Å². The molecule has 0 aliphatic rings. The van der Waals surface area contributed by atoms with Crippen molar-refractivity contribution in [3.8, 4) is 0 Å². The van der Waals surface area contributed by atoms with Gasteiger partial charge in [0, 0.05) is 6.61 Å². The molecule has 0 spiro atoms. The van der Waals surface area contributed by atoms with Crippen LogP contribution in [0.15, 0.2) is 36.4 Å². The van der Waals surface area contributed by atoms with Gasteiger partial charge in [-0.15, -0.1) is 0 Å². The summed E-state index contributed by atoms with van der Waals surface area (Å²) in [5.41, 5.74) is -3.23. The summed E-state index contributed by atoms with van der Waals surface area (Å²) in [6.07, 6.45) is 2.14. The minimum Gasteiger partial charge on any atom is -0.478 e. The third-order valence-corrected chi connectivity index (χ3v) is 5.20. The Bertz CT molecular complexity index is 1180. The third-order valence-electron chi connectivity index (χ3n) is 5.20. The fourth-order valence-electron chi connectivity index (χ4n) is 3.63. The van der Waals surface area contributed by atoms with Crippen LogP contribution in [0.5, 0.6) is 0 Å². The van der Waals surface area contributed by atoms with Gasteiger partial charge < -0.3 is 30.3 Å². The van der Waals surface area contributed by atoms with E-state index in [-0.39, 0.29) is 0 Å². The molecule has 0 saturated heterocycles. The zero-order valence-corrected chi connectivity index (χ0v) is 21.8. The van der Waals surface area contributed by atoms with Gasteiger partial charge >= 0.3 is 35.8 Å². The smallest absolute Gasteiger partial charge is 0.346 e. The summed E-state index contributed by atoms with van der Waals surface area (Å²) in [6, 6.07) is 4.87. The maximum absolute atomic E-state index is 12.2. The second kappa shape index (κ2) is 13.8. The van der Waals surface area contributed by atoms with E-state index in [1.165, 1.54) is 6.42 Å². The molecule has 1 unspecified atom stereocenters. The fourth-order valence-corrected chi connectivity index (χ4v) is 3.63. The number of ether oxygens (including phenoxy) is 1. The zero-order chi connectivity index (χ0) is 30.1. The topological polar surface area (TPSA) is 213 Å². The quantitative estimate of drug-likeness (QED) is 0.224. The normalized spacial score (nSPS) is 11.4. The van der Waals surface area contributed by atoms with E-state index < -0.39 is 69.2 Å². The Kier molecular flexibility index (Phi) is 11.5. The van der Waals surface area contributed by atoms with Crippen LogP contribution in [0.2, 0.25) is 0 Å². The summed E-state index contributed by atoms with van der Waals surface area (Å²) >= 11 is 0. The molecular weight excluding hydrogens is 516 g/mol. The van der Waals surface area contributed by atoms with Crippen LogP contribution in [-0.4, -0.2) is 68.0 Å². The first kappa shape index (κ1) is 32.4. The summed E-state index contributed by atoms with van der Waals surface area (Å²) in [6.45, 7) is 9.24. The third kappa shape index (κ3) is 10.0. The number of aliphatic hydroxyl groups is 1. The molecule has 0 heterocycles. The number of hydrogen-bond donors (Lipinski definition) is 5. The van der Waals surface area contributed by atoms with Crippen molar-refractivity contribution in [2.75, 3.05) is 6.61 Å². The average Bonchev–Trinajstić information content (AvgIpc) is 2.82. The molecule has 0 fully saturated rings. The molecule has 2 aromatic carbocycles. The molecule has 0 saturated carbocycles. The van der Waals surface area contributed by atoms with Gasteiger partial charge in [0.15, 0.2) is 0 Å². The number of carboxylic acid groups (broad SMARTS) is 4. The molecule has 0 bridgehead atoms. The Morgan fingerprint density at radius 1 is 0.692 bits per heavy atom. The molecule has 2 rings (SSSR count). The number of carboxylic acids is 4. The Hall–Kier alpha value is -4.58. The van der Waals surface area contributed by atoms with Crippen molar-refractivity contribution in [2.24, 2.45) is 11.3 Å². The lowest BCUT2D eigenvalue weighted by atomic mass is 9.84. The van der Waals surface area contributed by atoms with Crippen LogP contribution < -0.4 is 0 Å². The van der Waals surface area contributed by atoms with Crippen LogP contribution in [0.1, 0.15) is 103 Å². The lowest BCUT2D eigenvalue weighted by Gasteiger charge is -2.22. The summed E-state index contributed by atoms with van der Waals surface area (Å²) in [7, 11) is 0. The lowest BCUT2D eigenvalue weighted by molar-refractivity contribution is 0.0385. The summed E-state index contributed by atoms with van der Waals surface area (Å²) < 4.78 is 4.51. The van der Waals surface area contributed by atoms with Crippen molar-refractivity contribution >= 4 is 35.8 Å². The van der Waals surface area contributed by atoms with Gasteiger partial charge in [-0.2, -0.15) is 0 Å². The Morgan fingerprint density at radius 2 is 1.08 bits per heavy atom. The minimum absolute atomic E-state index is 0.331. The van der Waals surface area contributed by atoms with Gasteiger partial charge in [0.25, 0.3) is 0 Å². The zero-order valence-electron chi connectivity index (χ0n) is 21.8. The van der Waals surface area contributed by atoms with Crippen LogP contribution in [0.4, 0.5) is 0 Å². The SMILES string of the molecule is CC(CCO)CC(C)(C)C.O=C(O)c1ccc(C(=O)OC(=O)c2ccc(C(=O)O)cc2C(=O)O)c(C(=O)O)c1. The molecule has 0 aliphatic heterocycles. The highest BCUT2D eigenvalue weighted by atomic mass is 16.6. The van der Waals surface area contributed by atoms with Gasteiger partial charge in [0.2, 0.25) is 0 Å². The van der Waals surface area contributed by atoms with Crippen molar-refractivity contribution < 1.29 is 59.0 Å². The summed E-state index contributed by atoms with van der Waals surface area (Å²) in [5.74, 6) is -8.51. The van der Waals surface area contributed by atoms with Crippen LogP contribution in [0.3, 0.4) is 0 Å². The van der Waals surface area contributed by atoms with E-state index in [2.05, 4.69) is 32.4 Å². The van der Waals surface area contributed by atoms with Crippen molar-refractivity contribution in [3.05, 3.63) is 69.8 Å². The molecule has 0 radical (unpaired) electrons. The molecule has 0 aromatic heterocycles. The van der Waals surface area contributed by atoms with Crippen LogP contribution in [0.25, 0.3) is 0 Å². The maximum atomic E-state index is 12.2. The van der Waals surface area contributed by atoms with E-state index in [0.29, 0.717) is 30.1 Å². The number of carbonyl (C=O) groups is 6. The Labute approximate surface area is 223 Å². The number of carbonyl (C=O) groups excluding carboxylic acids is 2. The highest BCUT2D eigenvalue weighted by Crippen LogP contribution is 2.25. The molecule has 12 heteroatoms. The van der Waals surface area contributed by atoms with E-state index in [0.717, 1.165) is 30.7 Å². The predicted molar refractivity (Wildman–Crippen MR) is 135 cm³/mol. The van der Waals surface area contributed by atoms with Crippen molar-refractivity contribution in [1.29, 1.82) is 0 Å². The molecule has 0 aliphatic carbocycles. The van der Waals surface area contributed by atoms with Gasteiger partial charge in [-0.3, -0.25) is 0 Å². The first-order valence-corrected chi connectivity index (χ1v) is 11.6. The van der Waals surface area contributed by atoms with Crippen molar-refractivity contribution in [3.63, 3.8) is 0 Å². The van der Waals surface area contributed by atoms with Gasteiger partial charge in [0.1, 0.15) is 0 Å². The molecule has 210 valence electrons. The molecule has 39 heavy (non-hydrogen) atoms. The number of aromatic carboxylic acids is 4. The second-order valence-corrected chi connectivity index (χ2v) is 9.80. The summed E-state index contributed by atoms with van der Waals surface area (Å²) in [5, 5.41) is 44.7. The van der Waals surface area contributed by atoms with Crippen molar-refractivity contribution in [1.82, 2.24) is 0 Å². The first-order chi connectivity index (χ1) is 18.0. The predicted octanol–water partition coefficient (Wildman–Crippen LogP) is 3.92. The largest absolute Gasteiger partial charge is 0.478 e. The number of aliphatic hydroxyl groups excluding tert-OH is 1. The van der Waals surface area contributed by atoms with Crippen LogP contribution in [0, 0.1) is 11.3 Å². The highest BCUT2D eigenvalue weighted by molar-refractivity contribution is 6.11. The average molecular weight is 547 g/mol. The molecule has 12 nitrogen and oxygen atoms in total.